The number of aryl methyl sites for hydroxylation is 2. The highest BCUT2D eigenvalue weighted by Crippen LogP contribution is 2.31. The minimum atomic E-state index is 0.100. The van der Waals surface area contributed by atoms with Crippen molar-refractivity contribution in [2.45, 2.75) is 39.2 Å². The van der Waals surface area contributed by atoms with Crippen LogP contribution in [0.5, 0.6) is 0 Å². The normalized spacial score (nSPS) is 16.4. The van der Waals surface area contributed by atoms with Crippen LogP contribution in [0.15, 0.2) is 18.5 Å². The molecule has 2 aromatic rings. The lowest BCUT2D eigenvalue weighted by atomic mass is 9.97. The van der Waals surface area contributed by atoms with E-state index >= 15 is 0 Å². The molecule has 6 heteroatoms. The summed E-state index contributed by atoms with van der Waals surface area (Å²) in [5, 5.41) is 5.40. The van der Waals surface area contributed by atoms with E-state index in [4.69, 9.17) is 0 Å². The zero-order valence-electron chi connectivity index (χ0n) is 12.5. The fraction of sp³-hybridized carbons (Fsp3) is 0.533. The van der Waals surface area contributed by atoms with E-state index in [-0.39, 0.29) is 5.91 Å². The predicted octanol–water partition coefficient (Wildman–Crippen LogP) is 2.69. The first kappa shape index (κ1) is 14.3. The van der Waals surface area contributed by atoms with Gasteiger partial charge in [0, 0.05) is 42.8 Å². The summed E-state index contributed by atoms with van der Waals surface area (Å²) in [6.45, 7) is 6.42. The van der Waals surface area contributed by atoms with Gasteiger partial charge < -0.3 is 4.90 Å². The van der Waals surface area contributed by atoms with Crippen molar-refractivity contribution in [3.8, 4) is 0 Å². The van der Waals surface area contributed by atoms with Crippen LogP contribution in [0.2, 0.25) is 0 Å². The Kier molecular flexibility index (Phi) is 4.05. The third kappa shape index (κ3) is 2.85. The fourth-order valence-corrected chi connectivity index (χ4v) is 3.76. The van der Waals surface area contributed by atoms with E-state index in [9.17, 15) is 4.79 Å². The van der Waals surface area contributed by atoms with Crippen LogP contribution in [0.4, 0.5) is 0 Å². The molecule has 3 rings (SSSR count). The van der Waals surface area contributed by atoms with Crippen molar-refractivity contribution in [3.63, 3.8) is 0 Å². The van der Waals surface area contributed by atoms with Crippen LogP contribution in [0, 0.1) is 6.92 Å². The molecule has 1 saturated heterocycles. The zero-order chi connectivity index (χ0) is 14.8. The molecule has 0 aromatic carbocycles. The molecule has 1 aliphatic rings. The summed E-state index contributed by atoms with van der Waals surface area (Å²) in [5.74, 6) is 0.604. The molecule has 1 fully saturated rings. The third-order valence-electron chi connectivity index (χ3n) is 4.01. The first-order valence-corrected chi connectivity index (χ1v) is 8.24. The maximum absolute atomic E-state index is 12.5. The van der Waals surface area contributed by atoms with Crippen molar-refractivity contribution in [1.29, 1.82) is 0 Å². The topological polar surface area (TPSA) is 51.0 Å². The van der Waals surface area contributed by atoms with Gasteiger partial charge in [-0.05, 0) is 32.8 Å². The molecule has 21 heavy (non-hydrogen) atoms. The van der Waals surface area contributed by atoms with E-state index in [1.807, 2.05) is 24.1 Å². The van der Waals surface area contributed by atoms with Gasteiger partial charge in [-0.2, -0.15) is 5.10 Å². The van der Waals surface area contributed by atoms with E-state index in [1.54, 1.807) is 22.2 Å². The lowest BCUT2D eigenvalue weighted by molar-refractivity contribution is 0.0700. The van der Waals surface area contributed by atoms with Crippen molar-refractivity contribution in [1.82, 2.24) is 19.7 Å². The van der Waals surface area contributed by atoms with Crippen LogP contribution in [-0.4, -0.2) is 38.7 Å². The number of hydrogen-bond acceptors (Lipinski definition) is 4. The van der Waals surface area contributed by atoms with Crippen LogP contribution in [0.1, 0.15) is 46.1 Å². The second kappa shape index (κ2) is 5.97. The minimum absolute atomic E-state index is 0.100. The van der Waals surface area contributed by atoms with Gasteiger partial charge in [0.05, 0.1) is 5.01 Å². The van der Waals surface area contributed by atoms with E-state index in [0.717, 1.165) is 32.5 Å². The van der Waals surface area contributed by atoms with Crippen LogP contribution in [0.3, 0.4) is 0 Å². The summed E-state index contributed by atoms with van der Waals surface area (Å²) in [5.41, 5.74) is 0.695. The van der Waals surface area contributed by atoms with Gasteiger partial charge in [-0.1, -0.05) is 0 Å². The number of amides is 1. The quantitative estimate of drug-likeness (QED) is 0.876. The van der Waals surface area contributed by atoms with Gasteiger partial charge in [0.1, 0.15) is 5.69 Å². The van der Waals surface area contributed by atoms with Gasteiger partial charge in [0.15, 0.2) is 0 Å². The summed E-state index contributed by atoms with van der Waals surface area (Å²) in [7, 11) is 0. The third-order valence-corrected chi connectivity index (χ3v) is 5.08. The maximum Gasteiger partial charge on any atom is 0.272 e. The van der Waals surface area contributed by atoms with E-state index in [0.29, 0.717) is 11.6 Å². The SMILES string of the molecule is CCn1nccc1C(=O)N1CCC(c2ncc(C)s2)CC1. The van der Waals surface area contributed by atoms with E-state index in [1.165, 1.54) is 9.88 Å². The molecule has 2 aromatic heterocycles. The molecule has 0 bridgehead atoms. The molecule has 3 heterocycles. The number of rotatable bonds is 3. The number of thiazole rings is 1. The molecule has 0 atom stereocenters. The Labute approximate surface area is 128 Å². The van der Waals surface area contributed by atoms with Crippen LogP contribution in [-0.2, 0) is 6.54 Å². The first-order chi connectivity index (χ1) is 10.2. The molecule has 1 amide bonds. The highest BCUT2D eigenvalue weighted by molar-refractivity contribution is 7.11. The van der Waals surface area contributed by atoms with Gasteiger partial charge in [-0.3, -0.25) is 9.48 Å². The Morgan fingerprint density at radius 2 is 2.19 bits per heavy atom. The lowest BCUT2D eigenvalue weighted by Crippen LogP contribution is -2.38. The second-order valence-corrected chi connectivity index (χ2v) is 6.67. The zero-order valence-corrected chi connectivity index (χ0v) is 13.3. The average molecular weight is 304 g/mol. The van der Waals surface area contributed by atoms with Crippen molar-refractivity contribution in [2.24, 2.45) is 0 Å². The van der Waals surface area contributed by atoms with Crippen molar-refractivity contribution in [3.05, 3.63) is 34.0 Å². The Hall–Kier alpha value is -1.69. The standard InChI is InChI=1S/C15H20N4OS/c1-3-19-13(4-7-17-19)15(20)18-8-5-12(6-9-18)14-16-10-11(2)21-14/h4,7,10,12H,3,5-6,8-9H2,1-2H3. The largest absolute Gasteiger partial charge is 0.337 e. The molecule has 112 valence electrons. The Balaban J connectivity index is 1.64. The number of aromatic nitrogens is 3. The van der Waals surface area contributed by atoms with Crippen LogP contribution in [0.25, 0.3) is 0 Å². The lowest BCUT2D eigenvalue weighted by Gasteiger charge is -2.31. The summed E-state index contributed by atoms with van der Waals surface area (Å²) >= 11 is 1.78. The molecule has 0 unspecified atom stereocenters. The molecule has 0 saturated carbocycles. The number of likely N-dealkylation sites (tertiary alicyclic amines) is 1. The minimum Gasteiger partial charge on any atom is -0.337 e. The number of carbonyl (C=O) groups is 1. The van der Waals surface area contributed by atoms with E-state index < -0.39 is 0 Å². The first-order valence-electron chi connectivity index (χ1n) is 7.42. The fourth-order valence-electron chi connectivity index (χ4n) is 2.82. The van der Waals surface area contributed by atoms with Crippen molar-refractivity contribution < 1.29 is 4.79 Å². The van der Waals surface area contributed by atoms with Crippen molar-refractivity contribution in [2.75, 3.05) is 13.1 Å². The number of carbonyl (C=O) groups excluding carboxylic acids is 1. The number of nitrogens with zero attached hydrogens (tertiary/aromatic N) is 4. The second-order valence-electron chi connectivity index (χ2n) is 5.41. The van der Waals surface area contributed by atoms with Gasteiger partial charge in [0.2, 0.25) is 0 Å². The van der Waals surface area contributed by atoms with Gasteiger partial charge >= 0.3 is 0 Å². The molecule has 0 radical (unpaired) electrons. The summed E-state index contributed by atoms with van der Waals surface area (Å²) in [6.07, 6.45) is 5.64. The maximum atomic E-state index is 12.5. The molecule has 0 aliphatic carbocycles. The summed E-state index contributed by atoms with van der Waals surface area (Å²) in [6, 6.07) is 1.81. The molecule has 1 aliphatic heterocycles. The van der Waals surface area contributed by atoms with Gasteiger partial charge in [0.25, 0.3) is 5.91 Å². The van der Waals surface area contributed by atoms with Crippen LogP contribution < -0.4 is 0 Å². The highest BCUT2D eigenvalue weighted by atomic mass is 32.1. The van der Waals surface area contributed by atoms with Crippen LogP contribution >= 0.6 is 11.3 Å². The monoisotopic (exact) mass is 304 g/mol. The smallest absolute Gasteiger partial charge is 0.272 e. The molecular formula is C15H20N4OS. The highest BCUT2D eigenvalue weighted by Gasteiger charge is 2.27. The Morgan fingerprint density at radius 1 is 1.43 bits per heavy atom. The Morgan fingerprint density at radius 3 is 2.81 bits per heavy atom. The molecule has 0 spiro atoms. The predicted molar refractivity (Wildman–Crippen MR) is 82.6 cm³/mol. The van der Waals surface area contributed by atoms with Gasteiger partial charge in [-0.15, -0.1) is 11.3 Å². The molecular weight excluding hydrogens is 284 g/mol. The average Bonchev–Trinajstić information content (AvgIpc) is 3.15. The Bertz CT molecular complexity index is 625. The number of piperidine rings is 1. The molecule has 0 N–H and O–H groups in total. The van der Waals surface area contributed by atoms with Crippen molar-refractivity contribution >= 4 is 17.2 Å². The summed E-state index contributed by atoms with van der Waals surface area (Å²) < 4.78 is 1.76. The van der Waals surface area contributed by atoms with E-state index in [2.05, 4.69) is 17.0 Å². The van der Waals surface area contributed by atoms with Gasteiger partial charge in [-0.25, -0.2) is 4.98 Å². The number of hydrogen-bond donors (Lipinski definition) is 0. The summed E-state index contributed by atoms with van der Waals surface area (Å²) in [4.78, 5) is 20.2. The molecule has 5 nitrogen and oxygen atoms in total.